The smallest absolute Gasteiger partial charge is 0.248 e. The molecule has 0 aromatic carbocycles. The van der Waals surface area contributed by atoms with Gasteiger partial charge in [0, 0.05) is 19.2 Å². The molecule has 0 saturated carbocycles. The van der Waals surface area contributed by atoms with E-state index in [1.165, 1.54) is 0 Å². The molecule has 2 heterocycles. The highest BCUT2D eigenvalue weighted by Gasteiger charge is 2.25. The van der Waals surface area contributed by atoms with E-state index in [0.717, 1.165) is 25.1 Å². The highest BCUT2D eigenvalue weighted by molar-refractivity contribution is 5.77. The van der Waals surface area contributed by atoms with Gasteiger partial charge in [-0.05, 0) is 32.8 Å². The number of aromatic nitrogens is 2. The van der Waals surface area contributed by atoms with E-state index in [0.29, 0.717) is 19.0 Å². The number of carbonyl (C=O) groups excluding carboxylic acids is 1. The standard InChI is InChI=1S/C14H21N3O3/c1-3-19-10-14(18)17-8-4-5-12(9-17)20-13-7-6-11(2)15-16-13/h6-7,12H,3-5,8-10H2,1-2H3. The van der Waals surface area contributed by atoms with Crippen LogP contribution >= 0.6 is 0 Å². The lowest BCUT2D eigenvalue weighted by molar-refractivity contribution is -0.138. The van der Waals surface area contributed by atoms with E-state index in [4.69, 9.17) is 9.47 Å². The number of rotatable bonds is 5. The second kappa shape index (κ2) is 7.19. The van der Waals surface area contributed by atoms with Gasteiger partial charge in [0.1, 0.15) is 12.7 Å². The van der Waals surface area contributed by atoms with Gasteiger partial charge in [0.2, 0.25) is 11.8 Å². The lowest BCUT2D eigenvalue weighted by Gasteiger charge is -2.32. The summed E-state index contributed by atoms with van der Waals surface area (Å²) in [7, 11) is 0. The summed E-state index contributed by atoms with van der Waals surface area (Å²) in [5, 5.41) is 7.96. The van der Waals surface area contributed by atoms with Crippen molar-refractivity contribution in [3.05, 3.63) is 17.8 Å². The van der Waals surface area contributed by atoms with Gasteiger partial charge in [-0.1, -0.05) is 0 Å². The van der Waals surface area contributed by atoms with E-state index in [1.54, 1.807) is 4.90 Å². The first-order valence-corrected chi connectivity index (χ1v) is 7.01. The number of ether oxygens (including phenoxy) is 2. The monoisotopic (exact) mass is 279 g/mol. The average Bonchev–Trinajstić information content (AvgIpc) is 2.47. The molecule has 1 aliphatic heterocycles. The minimum absolute atomic E-state index is 0.0219. The molecule has 6 heteroatoms. The van der Waals surface area contributed by atoms with Crippen LogP contribution in [-0.2, 0) is 9.53 Å². The first-order chi connectivity index (χ1) is 9.69. The van der Waals surface area contributed by atoms with Crippen LogP contribution in [0.1, 0.15) is 25.5 Å². The molecule has 2 rings (SSSR count). The average molecular weight is 279 g/mol. The van der Waals surface area contributed by atoms with E-state index in [2.05, 4.69) is 10.2 Å². The Morgan fingerprint density at radius 3 is 3.00 bits per heavy atom. The maximum absolute atomic E-state index is 11.9. The quantitative estimate of drug-likeness (QED) is 0.810. The molecule has 0 N–H and O–H groups in total. The minimum Gasteiger partial charge on any atom is -0.471 e. The molecule has 1 aliphatic rings. The van der Waals surface area contributed by atoms with Crippen LogP contribution in [-0.4, -0.2) is 53.4 Å². The van der Waals surface area contributed by atoms with Gasteiger partial charge >= 0.3 is 0 Å². The number of piperidine rings is 1. The van der Waals surface area contributed by atoms with E-state index >= 15 is 0 Å². The van der Waals surface area contributed by atoms with E-state index < -0.39 is 0 Å². The van der Waals surface area contributed by atoms with Crippen molar-refractivity contribution in [3.63, 3.8) is 0 Å². The topological polar surface area (TPSA) is 64.5 Å². The largest absolute Gasteiger partial charge is 0.471 e. The van der Waals surface area contributed by atoms with Gasteiger partial charge in [0.25, 0.3) is 0 Å². The van der Waals surface area contributed by atoms with Crippen LogP contribution in [0.25, 0.3) is 0 Å². The molecule has 1 fully saturated rings. The normalized spacial score (nSPS) is 18.9. The van der Waals surface area contributed by atoms with Crippen molar-refractivity contribution in [2.75, 3.05) is 26.3 Å². The summed E-state index contributed by atoms with van der Waals surface area (Å²) in [5.41, 5.74) is 0.856. The van der Waals surface area contributed by atoms with Crippen LogP contribution in [0.4, 0.5) is 0 Å². The number of amides is 1. The molecular formula is C14H21N3O3. The van der Waals surface area contributed by atoms with Crippen LogP contribution in [0.15, 0.2) is 12.1 Å². The predicted molar refractivity (Wildman–Crippen MR) is 73.5 cm³/mol. The Balaban J connectivity index is 1.86. The second-order valence-electron chi connectivity index (χ2n) is 4.87. The zero-order valence-corrected chi connectivity index (χ0v) is 12.0. The zero-order chi connectivity index (χ0) is 14.4. The molecule has 0 spiro atoms. The van der Waals surface area contributed by atoms with Crippen molar-refractivity contribution >= 4 is 5.91 Å². The SMILES string of the molecule is CCOCC(=O)N1CCCC(Oc2ccc(C)nn2)C1. The van der Waals surface area contributed by atoms with Crippen molar-refractivity contribution in [2.45, 2.75) is 32.8 Å². The number of hydrogen-bond acceptors (Lipinski definition) is 5. The molecule has 1 amide bonds. The van der Waals surface area contributed by atoms with E-state index in [9.17, 15) is 4.79 Å². The maximum atomic E-state index is 11.9. The van der Waals surface area contributed by atoms with Crippen LogP contribution in [0.5, 0.6) is 5.88 Å². The van der Waals surface area contributed by atoms with Crippen molar-refractivity contribution < 1.29 is 14.3 Å². The Morgan fingerprint density at radius 1 is 1.45 bits per heavy atom. The lowest BCUT2D eigenvalue weighted by Crippen LogP contribution is -2.45. The minimum atomic E-state index is -0.0219. The fourth-order valence-electron chi connectivity index (χ4n) is 2.16. The molecule has 1 aromatic heterocycles. The van der Waals surface area contributed by atoms with Crippen molar-refractivity contribution in [1.82, 2.24) is 15.1 Å². The molecular weight excluding hydrogens is 258 g/mol. The first kappa shape index (κ1) is 14.7. The highest BCUT2D eigenvalue weighted by Crippen LogP contribution is 2.16. The maximum Gasteiger partial charge on any atom is 0.248 e. The van der Waals surface area contributed by atoms with Gasteiger partial charge < -0.3 is 14.4 Å². The fourth-order valence-corrected chi connectivity index (χ4v) is 2.16. The van der Waals surface area contributed by atoms with Crippen LogP contribution in [0.3, 0.4) is 0 Å². The van der Waals surface area contributed by atoms with Gasteiger partial charge in [-0.25, -0.2) is 0 Å². The third-order valence-electron chi connectivity index (χ3n) is 3.22. The lowest BCUT2D eigenvalue weighted by atomic mass is 10.1. The summed E-state index contributed by atoms with van der Waals surface area (Å²) in [5.74, 6) is 0.537. The summed E-state index contributed by atoms with van der Waals surface area (Å²) in [6.45, 7) is 5.82. The first-order valence-electron chi connectivity index (χ1n) is 7.01. The Bertz CT molecular complexity index is 436. The Morgan fingerprint density at radius 2 is 2.30 bits per heavy atom. The number of aryl methyl sites for hydroxylation is 1. The molecule has 0 radical (unpaired) electrons. The van der Waals surface area contributed by atoms with Crippen molar-refractivity contribution in [1.29, 1.82) is 0 Å². The molecule has 0 bridgehead atoms. The number of nitrogens with zero attached hydrogens (tertiary/aromatic N) is 3. The van der Waals surface area contributed by atoms with Crippen LogP contribution in [0, 0.1) is 6.92 Å². The van der Waals surface area contributed by atoms with Crippen LogP contribution < -0.4 is 4.74 Å². The molecule has 1 atom stereocenters. The third kappa shape index (κ3) is 4.16. The summed E-state index contributed by atoms with van der Waals surface area (Å²) < 4.78 is 10.9. The molecule has 110 valence electrons. The third-order valence-corrected chi connectivity index (χ3v) is 3.22. The fraction of sp³-hybridized carbons (Fsp3) is 0.643. The van der Waals surface area contributed by atoms with Crippen molar-refractivity contribution in [3.8, 4) is 5.88 Å². The molecule has 0 aliphatic carbocycles. The number of likely N-dealkylation sites (tertiary alicyclic amines) is 1. The Kier molecular flexibility index (Phi) is 5.29. The van der Waals surface area contributed by atoms with Crippen LogP contribution in [0.2, 0.25) is 0 Å². The number of carbonyl (C=O) groups is 1. The number of hydrogen-bond donors (Lipinski definition) is 0. The second-order valence-corrected chi connectivity index (χ2v) is 4.87. The molecule has 1 unspecified atom stereocenters. The Hall–Kier alpha value is -1.69. The zero-order valence-electron chi connectivity index (χ0n) is 12.0. The van der Waals surface area contributed by atoms with Gasteiger partial charge in [0.05, 0.1) is 12.2 Å². The summed E-state index contributed by atoms with van der Waals surface area (Å²) >= 11 is 0. The molecule has 20 heavy (non-hydrogen) atoms. The molecule has 1 aromatic rings. The van der Waals surface area contributed by atoms with Gasteiger partial charge in [-0.3, -0.25) is 4.79 Å². The van der Waals surface area contributed by atoms with E-state index in [-0.39, 0.29) is 18.6 Å². The van der Waals surface area contributed by atoms with Gasteiger partial charge in [0.15, 0.2) is 0 Å². The summed E-state index contributed by atoms with van der Waals surface area (Å²) in [4.78, 5) is 13.7. The molecule has 6 nitrogen and oxygen atoms in total. The van der Waals surface area contributed by atoms with Gasteiger partial charge in [-0.15, -0.1) is 5.10 Å². The van der Waals surface area contributed by atoms with E-state index in [1.807, 2.05) is 26.0 Å². The predicted octanol–water partition coefficient (Wildman–Crippen LogP) is 1.19. The van der Waals surface area contributed by atoms with Crippen molar-refractivity contribution in [2.24, 2.45) is 0 Å². The van der Waals surface area contributed by atoms with Gasteiger partial charge in [-0.2, -0.15) is 5.10 Å². The summed E-state index contributed by atoms with van der Waals surface area (Å²) in [6.07, 6.45) is 1.84. The molecule has 1 saturated heterocycles. The summed E-state index contributed by atoms with van der Waals surface area (Å²) in [6, 6.07) is 3.67. The highest BCUT2D eigenvalue weighted by atomic mass is 16.5. The Labute approximate surface area is 119 Å².